The maximum atomic E-state index is 13.2. The molecule has 0 radical (unpaired) electrons. The third-order valence-corrected chi connectivity index (χ3v) is 23.1. The normalized spacial score (nSPS) is 54.7. The number of aliphatic carboxylic acids is 1. The fourth-order valence-corrected chi connectivity index (χ4v) is 17.6. The van der Waals surface area contributed by atoms with Crippen LogP contribution in [0.15, 0.2) is 11.6 Å². The van der Waals surface area contributed by atoms with Gasteiger partial charge in [-0.1, -0.05) is 60.1 Å². The van der Waals surface area contributed by atoms with Gasteiger partial charge in [-0.25, -0.2) is 0 Å². The SMILES string of the molecule is C[C@@H]1O[C@@H](OC[C@H]2O[C@@H](O[C@@H]3[C@@H](O)[C@H](C)O[C@@H](O[C@H]4[C@H](O[C@H]5CC[C@]6(C)[C@H]7CC=C8[C@@H]9CC(C)(C)CC[C@]9(C(=O)O)CC[C@@]8(C)[C@]7(C)CC[C@H]6C5(C)C)OC[C@H](O)[C@@H]4O)[C@@H]3O)[C@H](O)[C@@H](O)[C@@H]2O[C@@H]2O[C@H](CO)[C@@H](O)[C@H](O)[C@H]2O)[C@H](O)[C@H](O)[C@H]1O. The molecule has 0 aromatic heterocycles. The van der Waals surface area contributed by atoms with Crippen molar-refractivity contribution in [1.29, 1.82) is 0 Å². The average Bonchev–Trinajstić information content (AvgIpc) is 1.18. The third kappa shape index (κ3) is 10.9. The molecule has 482 valence electrons. The number of aliphatic hydroxyl groups is 13. The van der Waals surface area contributed by atoms with Gasteiger partial charge in [0, 0.05) is 0 Å². The van der Waals surface area contributed by atoms with Crippen LogP contribution >= 0.6 is 0 Å². The maximum Gasteiger partial charge on any atom is 0.310 e. The molecule has 25 heteroatoms. The van der Waals surface area contributed by atoms with Crippen LogP contribution in [0.1, 0.15) is 127 Å². The van der Waals surface area contributed by atoms with Crippen LogP contribution in [-0.4, -0.2) is 251 Å². The molecule has 0 aromatic carbocycles. The third-order valence-electron chi connectivity index (χ3n) is 23.1. The zero-order valence-electron chi connectivity index (χ0n) is 49.7. The van der Waals surface area contributed by atoms with Gasteiger partial charge in [0.25, 0.3) is 0 Å². The minimum Gasteiger partial charge on any atom is -0.481 e. The minimum atomic E-state index is -2.10. The van der Waals surface area contributed by atoms with E-state index < -0.39 is 184 Å². The lowest BCUT2D eigenvalue weighted by atomic mass is 9.33. The molecule has 9 fully saturated rings. The van der Waals surface area contributed by atoms with Crippen LogP contribution in [-0.2, 0) is 52.2 Å². The Hall–Kier alpha value is -1.71. The summed E-state index contributed by atoms with van der Waals surface area (Å²) in [6.45, 7) is 17.2. The van der Waals surface area contributed by atoms with E-state index in [2.05, 4.69) is 54.5 Å². The van der Waals surface area contributed by atoms with Crippen LogP contribution in [0, 0.1) is 50.2 Å². The molecule has 4 saturated carbocycles. The summed E-state index contributed by atoms with van der Waals surface area (Å²) in [6, 6.07) is 0. The predicted molar refractivity (Wildman–Crippen MR) is 287 cm³/mol. The summed E-state index contributed by atoms with van der Waals surface area (Å²) in [5.41, 5.74) is -0.202. The van der Waals surface area contributed by atoms with Gasteiger partial charge in [0.1, 0.15) is 104 Å². The van der Waals surface area contributed by atoms with E-state index in [4.69, 9.17) is 47.4 Å². The molecule has 0 bridgehead atoms. The molecule has 0 spiro atoms. The Morgan fingerprint density at radius 2 is 1.14 bits per heavy atom. The van der Waals surface area contributed by atoms with Crippen LogP contribution < -0.4 is 0 Å². The average molecular weight is 1210 g/mol. The number of carboxylic acids is 1. The number of carboxylic acid groups (broad SMARTS) is 1. The molecule has 0 aromatic rings. The van der Waals surface area contributed by atoms with Gasteiger partial charge in [-0.15, -0.1) is 0 Å². The quantitative estimate of drug-likeness (QED) is 0.0781. The number of rotatable bonds is 13. The number of hydrogen-bond donors (Lipinski definition) is 14. The lowest BCUT2D eigenvalue weighted by molar-refractivity contribution is -0.393. The highest BCUT2D eigenvalue weighted by molar-refractivity contribution is 5.76. The summed E-state index contributed by atoms with van der Waals surface area (Å²) in [7, 11) is 0. The Morgan fingerprint density at radius 3 is 1.82 bits per heavy atom. The van der Waals surface area contributed by atoms with Crippen molar-refractivity contribution in [2.75, 3.05) is 19.8 Å². The summed E-state index contributed by atoms with van der Waals surface area (Å²) in [5.74, 6) is -0.197. The maximum absolute atomic E-state index is 13.2. The molecular formula is C59H96O25. The fourth-order valence-electron chi connectivity index (χ4n) is 17.6. The first-order valence-corrected chi connectivity index (χ1v) is 30.5. The van der Waals surface area contributed by atoms with Crippen molar-refractivity contribution in [3.8, 4) is 0 Å². The van der Waals surface area contributed by atoms with Crippen LogP contribution in [0.4, 0.5) is 0 Å². The molecule has 5 aliphatic heterocycles. The van der Waals surface area contributed by atoms with Gasteiger partial charge < -0.3 is 119 Å². The van der Waals surface area contributed by atoms with Crippen LogP contribution in [0.5, 0.6) is 0 Å². The fraction of sp³-hybridized carbons (Fsp3) is 0.949. The van der Waals surface area contributed by atoms with Gasteiger partial charge in [0.15, 0.2) is 31.5 Å². The molecule has 10 aliphatic rings. The number of aliphatic hydroxyl groups excluding tert-OH is 13. The van der Waals surface area contributed by atoms with E-state index >= 15 is 0 Å². The molecular weight excluding hydrogens is 1110 g/mol. The molecule has 5 heterocycles. The summed E-state index contributed by atoms with van der Waals surface area (Å²) >= 11 is 0. The molecule has 25 nitrogen and oxygen atoms in total. The first-order chi connectivity index (χ1) is 39.3. The van der Waals surface area contributed by atoms with Crippen LogP contribution in [0.3, 0.4) is 0 Å². The van der Waals surface area contributed by atoms with E-state index in [1.54, 1.807) is 0 Å². The van der Waals surface area contributed by atoms with Crippen molar-refractivity contribution in [2.24, 2.45) is 50.2 Å². The first kappa shape index (κ1) is 65.2. The van der Waals surface area contributed by atoms with E-state index in [-0.39, 0.29) is 40.1 Å². The van der Waals surface area contributed by atoms with E-state index in [0.29, 0.717) is 25.2 Å². The number of hydrogen-bond acceptors (Lipinski definition) is 24. The van der Waals surface area contributed by atoms with Gasteiger partial charge in [-0.05, 0) is 123 Å². The molecule has 0 amide bonds. The highest BCUT2D eigenvalue weighted by Gasteiger charge is 2.70. The number of carbonyl (C=O) groups is 1. The number of fused-ring (bicyclic) bond motifs is 7. The second-order valence-electron chi connectivity index (χ2n) is 28.7. The summed E-state index contributed by atoms with van der Waals surface area (Å²) in [5, 5.41) is 154. The van der Waals surface area contributed by atoms with Crippen molar-refractivity contribution in [1.82, 2.24) is 0 Å². The van der Waals surface area contributed by atoms with Crippen LogP contribution in [0.25, 0.3) is 0 Å². The smallest absolute Gasteiger partial charge is 0.310 e. The van der Waals surface area contributed by atoms with E-state index in [0.717, 1.165) is 44.9 Å². The topological polar surface area (TPSA) is 393 Å². The Labute approximate surface area is 490 Å². The molecule has 32 atom stereocenters. The zero-order valence-corrected chi connectivity index (χ0v) is 49.7. The first-order valence-electron chi connectivity index (χ1n) is 30.5. The van der Waals surface area contributed by atoms with E-state index in [1.165, 1.54) is 19.4 Å². The summed E-state index contributed by atoms with van der Waals surface area (Å²) in [4.78, 5) is 13.2. The van der Waals surface area contributed by atoms with Crippen molar-refractivity contribution in [3.63, 3.8) is 0 Å². The lowest BCUT2D eigenvalue weighted by Crippen LogP contribution is -2.67. The lowest BCUT2D eigenvalue weighted by Gasteiger charge is -2.71. The van der Waals surface area contributed by atoms with Crippen molar-refractivity contribution in [2.45, 2.75) is 280 Å². The van der Waals surface area contributed by atoms with Gasteiger partial charge in [-0.3, -0.25) is 4.79 Å². The molecule has 14 N–H and O–H groups in total. The van der Waals surface area contributed by atoms with E-state index in [1.807, 2.05) is 0 Å². The molecule has 10 rings (SSSR count). The monoisotopic (exact) mass is 1200 g/mol. The van der Waals surface area contributed by atoms with Crippen LogP contribution in [0.2, 0.25) is 0 Å². The van der Waals surface area contributed by atoms with Gasteiger partial charge in [0.2, 0.25) is 0 Å². The highest BCUT2D eigenvalue weighted by Crippen LogP contribution is 2.76. The van der Waals surface area contributed by atoms with Gasteiger partial charge >= 0.3 is 5.97 Å². The summed E-state index contributed by atoms with van der Waals surface area (Å²) < 4.78 is 60.4. The standard InChI is InChI=1S/C59H96O25/c1-24-34(62)38(66)41(69)48(77-24)76-23-30-45(82-49-42(70)39(67)37(65)29(21-60)79-49)40(68)43(71)50(80-30)83-46-35(63)25(2)78-51(44(46)72)84-47-36(64)28(61)22-75-52(47)81-33-13-14-56(7)31(55(33,5)6)12-15-58(9)32(56)11-10-26-27-20-54(3,4)16-18-59(27,53(73)74)19-17-57(26,58)8/h10,24-25,27-52,60-72H,11-23H2,1-9H3,(H,73,74)/t24-,25-,27-,28-,29+,30+,31-,32+,33-,34-,35-,36-,37+,38+,39-,40+,41+,42+,43+,44+,45+,46+,47+,48+,49-,50-,51-,52-,56-,57+,58+,59-/m0/s1. The van der Waals surface area contributed by atoms with E-state index in [9.17, 15) is 76.3 Å². The number of allylic oxidation sites excluding steroid dienone is 2. The second kappa shape index (κ2) is 23.8. The zero-order chi connectivity index (χ0) is 61.3. The molecule has 5 saturated heterocycles. The minimum absolute atomic E-state index is 0.00917. The molecule has 5 aliphatic carbocycles. The summed E-state index contributed by atoms with van der Waals surface area (Å²) in [6.07, 6.45) is -30.4. The molecule has 0 unspecified atom stereocenters. The Bertz CT molecular complexity index is 2340. The predicted octanol–water partition coefficient (Wildman–Crippen LogP) is -0.951. The van der Waals surface area contributed by atoms with Crippen molar-refractivity contribution < 1.29 is 124 Å². The largest absolute Gasteiger partial charge is 0.481 e. The van der Waals surface area contributed by atoms with Gasteiger partial charge in [0.05, 0.1) is 43.5 Å². The Balaban J connectivity index is 0.845. The number of ether oxygens (including phenoxy) is 10. The Morgan fingerprint density at radius 1 is 0.560 bits per heavy atom. The highest BCUT2D eigenvalue weighted by atomic mass is 16.8. The second-order valence-corrected chi connectivity index (χ2v) is 28.7. The van der Waals surface area contributed by atoms with Crippen molar-refractivity contribution >= 4 is 5.97 Å². The Kier molecular flexibility index (Phi) is 18.5. The van der Waals surface area contributed by atoms with Crippen molar-refractivity contribution in [3.05, 3.63) is 11.6 Å². The molecule has 84 heavy (non-hydrogen) atoms. The van der Waals surface area contributed by atoms with Gasteiger partial charge in [-0.2, -0.15) is 0 Å².